The zero-order chi connectivity index (χ0) is 27.2. The Labute approximate surface area is 231 Å². The number of para-hydroxylation sites is 2. The van der Waals surface area contributed by atoms with E-state index in [-0.39, 0.29) is 18.1 Å². The lowest BCUT2D eigenvalue weighted by Crippen LogP contribution is -2.19. The Morgan fingerprint density at radius 2 is 1.59 bits per heavy atom. The van der Waals surface area contributed by atoms with Crippen molar-refractivity contribution in [1.29, 1.82) is 0 Å². The average Bonchev–Trinajstić information content (AvgIpc) is 3.25. The normalized spacial score (nSPS) is 11.1. The van der Waals surface area contributed by atoms with E-state index in [1.54, 1.807) is 24.3 Å². The van der Waals surface area contributed by atoms with Crippen molar-refractivity contribution in [1.82, 2.24) is 14.5 Å². The number of rotatable bonds is 10. The first-order chi connectivity index (χ1) is 19.0. The number of nitrogens with zero attached hydrogens (tertiary/aromatic N) is 3. The van der Waals surface area contributed by atoms with Crippen LogP contribution in [0.3, 0.4) is 0 Å². The Morgan fingerprint density at radius 3 is 2.31 bits per heavy atom. The molecule has 0 aliphatic carbocycles. The van der Waals surface area contributed by atoms with Gasteiger partial charge >= 0.3 is 5.97 Å². The first kappa shape index (κ1) is 26.4. The van der Waals surface area contributed by atoms with Crippen molar-refractivity contribution in [3.8, 4) is 0 Å². The zero-order valence-corrected chi connectivity index (χ0v) is 22.4. The molecule has 0 unspecified atom stereocenters. The summed E-state index contributed by atoms with van der Waals surface area (Å²) in [6, 6.07) is 24.1. The lowest BCUT2D eigenvalue weighted by molar-refractivity contribution is 0.0501. The van der Waals surface area contributed by atoms with E-state index < -0.39 is 5.97 Å². The number of benzene rings is 3. The van der Waals surface area contributed by atoms with Crippen LogP contribution in [0.25, 0.3) is 22.2 Å². The van der Waals surface area contributed by atoms with Crippen LogP contribution in [0.5, 0.6) is 0 Å². The maximum Gasteiger partial charge on any atom is 0.344 e. The number of nitrogens with one attached hydrogen (secondary N) is 1. The number of esters is 1. The minimum absolute atomic E-state index is 0.204. The quantitative estimate of drug-likeness (QED) is 0.151. The molecule has 5 rings (SSSR count). The summed E-state index contributed by atoms with van der Waals surface area (Å²) < 4.78 is 7.54. The lowest BCUT2D eigenvalue weighted by Gasteiger charge is -2.13. The maximum absolute atomic E-state index is 13.6. The van der Waals surface area contributed by atoms with Crippen molar-refractivity contribution >= 4 is 51.5 Å². The number of hydrogen-bond donors (Lipinski definition) is 1. The fourth-order valence-electron chi connectivity index (χ4n) is 4.50. The molecule has 3 aromatic carbocycles. The first-order valence-electron chi connectivity index (χ1n) is 13.1. The third-order valence-electron chi connectivity index (χ3n) is 6.54. The van der Waals surface area contributed by atoms with E-state index in [0.29, 0.717) is 51.6 Å². The molecule has 2 aromatic heterocycles. The van der Waals surface area contributed by atoms with Crippen LogP contribution in [0, 0.1) is 0 Å². The molecule has 39 heavy (non-hydrogen) atoms. The number of ether oxygens (including phenoxy) is 1. The summed E-state index contributed by atoms with van der Waals surface area (Å²) >= 11 is 6.03. The molecule has 2 heterocycles. The fraction of sp³-hybridized carbons (Fsp3) is 0.226. The summed E-state index contributed by atoms with van der Waals surface area (Å²) in [6.45, 7) is 2.84. The van der Waals surface area contributed by atoms with E-state index in [2.05, 4.69) is 12.2 Å². The number of unbranched alkanes of at least 4 members (excludes halogenated alkanes) is 2. The largest absolute Gasteiger partial charge is 0.462 e. The predicted molar refractivity (Wildman–Crippen MR) is 154 cm³/mol. The van der Waals surface area contributed by atoms with Gasteiger partial charge in [0.2, 0.25) is 0 Å². The highest BCUT2D eigenvalue weighted by molar-refractivity contribution is 6.30. The van der Waals surface area contributed by atoms with Crippen molar-refractivity contribution in [3.63, 3.8) is 0 Å². The van der Waals surface area contributed by atoms with Crippen molar-refractivity contribution in [3.05, 3.63) is 101 Å². The van der Waals surface area contributed by atoms with Gasteiger partial charge < -0.3 is 14.6 Å². The molecule has 0 atom stereocenters. The Bertz CT molecular complexity index is 1610. The highest BCUT2D eigenvalue weighted by Gasteiger charge is 2.28. The number of aryl methyl sites for hydroxylation is 2. The van der Waals surface area contributed by atoms with Crippen LogP contribution in [0.1, 0.15) is 52.5 Å². The third-order valence-corrected chi connectivity index (χ3v) is 6.79. The molecule has 0 spiro atoms. The monoisotopic (exact) mass is 540 g/mol. The average molecular weight is 541 g/mol. The lowest BCUT2D eigenvalue weighted by atomic mass is 10.1. The summed E-state index contributed by atoms with van der Waals surface area (Å²) in [4.78, 5) is 36.6. The van der Waals surface area contributed by atoms with Crippen LogP contribution in [-0.4, -0.2) is 33.0 Å². The Balaban J connectivity index is 1.64. The van der Waals surface area contributed by atoms with Gasteiger partial charge in [-0.05, 0) is 54.8 Å². The van der Waals surface area contributed by atoms with Crippen molar-refractivity contribution in [2.75, 3.05) is 11.9 Å². The molecule has 1 amide bonds. The molecular formula is C31H29ClN4O3. The third kappa shape index (κ3) is 5.94. The number of halogens is 1. The van der Waals surface area contributed by atoms with Gasteiger partial charge in [-0.2, -0.15) is 0 Å². The molecule has 0 bridgehead atoms. The summed E-state index contributed by atoms with van der Waals surface area (Å²) in [5, 5.41) is 3.51. The number of anilines is 1. The first-order valence-corrected chi connectivity index (χ1v) is 13.5. The van der Waals surface area contributed by atoms with E-state index >= 15 is 0 Å². The summed E-state index contributed by atoms with van der Waals surface area (Å²) in [6.07, 6.45) is 3.39. The van der Waals surface area contributed by atoms with Gasteiger partial charge in [0.1, 0.15) is 16.9 Å². The molecule has 1 N–H and O–H groups in total. The second kappa shape index (κ2) is 12.1. The van der Waals surface area contributed by atoms with Gasteiger partial charge in [-0.25, -0.2) is 14.8 Å². The molecule has 198 valence electrons. The smallest absolute Gasteiger partial charge is 0.344 e. The van der Waals surface area contributed by atoms with Gasteiger partial charge in [0.15, 0.2) is 5.65 Å². The molecule has 7 nitrogen and oxygen atoms in total. The van der Waals surface area contributed by atoms with Gasteiger partial charge in [-0.3, -0.25) is 4.79 Å². The molecule has 0 saturated carbocycles. The van der Waals surface area contributed by atoms with Gasteiger partial charge in [-0.15, -0.1) is 0 Å². The summed E-state index contributed by atoms with van der Waals surface area (Å²) in [7, 11) is 0. The molecule has 0 aliphatic heterocycles. The Hall–Kier alpha value is -4.23. The molecule has 0 radical (unpaired) electrons. The van der Waals surface area contributed by atoms with E-state index in [0.717, 1.165) is 24.8 Å². The van der Waals surface area contributed by atoms with Gasteiger partial charge in [-0.1, -0.05) is 73.8 Å². The fourth-order valence-corrected chi connectivity index (χ4v) is 4.62. The second-order valence-corrected chi connectivity index (χ2v) is 9.74. The van der Waals surface area contributed by atoms with E-state index in [1.165, 1.54) is 0 Å². The van der Waals surface area contributed by atoms with Crippen LogP contribution in [0.4, 0.5) is 5.82 Å². The number of carbonyl (C=O) groups excluding carboxylic acids is 2. The summed E-state index contributed by atoms with van der Waals surface area (Å²) in [5.41, 5.74) is 3.99. The molecule has 0 saturated heterocycles. The summed E-state index contributed by atoms with van der Waals surface area (Å²) in [5.74, 6) is -0.595. The van der Waals surface area contributed by atoms with Gasteiger partial charge in [0.05, 0.1) is 17.6 Å². The maximum atomic E-state index is 13.6. The van der Waals surface area contributed by atoms with Crippen LogP contribution >= 0.6 is 11.6 Å². The minimum Gasteiger partial charge on any atom is -0.462 e. The van der Waals surface area contributed by atoms with Gasteiger partial charge in [0, 0.05) is 17.1 Å². The van der Waals surface area contributed by atoms with Crippen LogP contribution in [0.2, 0.25) is 5.02 Å². The predicted octanol–water partition coefficient (Wildman–Crippen LogP) is 7.08. The number of aromatic nitrogens is 3. The topological polar surface area (TPSA) is 86.1 Å². The minimum atomic E-state index is -0.537. The number of amides is 1. The Morgan fingerprint density at radius 1 is 0.897 bits per heavy atom. The highest BCUT2D eigenvalue weighted by atomic mass is 35.5. The van der Waals surface area contributed by atoms with Crippen LogP contribution in [0.15, 0.2) is 78.9 Å². The van der Waals surface area contributed by atoms with Crippen molar-refractivity contribution < 1.29 is 14.3 Å². The Kier molecular flexibility index (Phi) is 8.18. The van der Waals surface area contributed by atoms with Crippen LogP contribution < -0.4 is 5.32 Å². The standard InChI is InChI=1S/C31H29ClN4O3/c1-2-3-9-20-39-31(38)26-27-29(34-25-13-8-7-12-24(25)33-27)36(19-18-21-10-5-4-6-11-21)28(26)35-30(37)22-14-16-23(32)17-15-22/h4-8,10-17H,2-3,9,18-20H2,1H3,(H,35,37). The van der Waals surface area contributed by atoms with E-state index in [4.69, 9.17) is 26.3 Å². The number of carbonyl (C=O) groups is 2. The van der Waals surface area contributed by atoms with Gasteiger partial charge in [0.25, 0.3) is 5.91 Å². The van der Waals surface area contributed by atoms with Crippen molar-refractivity contribution in [2.45, 2.75) is 39.2 Å². The second-order valence-electron chi connectivity index (χ2n) is 9.30. The zero-order valence-electron chi connectivity index (χ0n) is 21.7. The van der Waals surface area contributed by atoms with Crippen molar-refractivity contribution in [2.24, 2.45) is 0 Å². The number of fused-ring (bicyclic) bond motifs is 2. The molecular weight excluding hydrogens is 512 g/mol. The SMILES string of the molecule is CCCCCOC(=O)c1c(NC(=O)c2ccc(Cl)cc2)n(CCc2ccccc2)c2nc3ccccc3nc12. The molecule has 0 aliphatic rings. The molecule has 5 aromatic rings. The van der Waals surface area contributed by atoms with E-state index in [9.17, 15) is 9.59 Å². The number of hydrogen-bond acceptors (Lipinski definition) is 5. The highest BCUT2D eigenvalue weighted by Crippen LogP contribution is 2.31. The van der Waals surface area contributed by atoms with Crippen LogP contribution in [-0.2, 0) is 17.7 Å². The van der Waals surface area contributed by atoms with E-state index in [1.807, 2.05) is 59.2 Å². The molecule has 8 heteroatoms. The molecule has 0 fully saturated rings.